The Balaban J connectivity index is 1.29. The van der Waals surface area contributed by atoms with Crippen molar-refractivity contribution in [2.24, 2.45) is 9.98 Å². The third kappa shape index (κ3) is 7.08. The first-order valence-corrected chi connectivity index (χ1v) is 26.4. The Morgan fingerprint density at radius 1 is 0.279 bits per heavy atom. The average Bonchev–Trinajstić information content (AvgIpc) is 3.78. The van der Waals surface area contributed by atoms with Gasteiger partial charge in [-0.1, -0.05) is 147 Å². The van der Waals surface area contributed by atoms with E-state index in [-0.39, 0.29) is 0 Å². The molecule has 2 aromatic heterocycles. The number of rotatable bonds is 4. The summed E-state index contributed by atoms with van der Waals surface area (Å²) in [5.41, 5.74) is 29.1. The van der Waals surface area contributed by atoms with E-state index in [1.54, 1.807) is 0 Å². The van der Waals surface area contributed by atoms with Crippen LogP contribution in [0.5, 0.6) is 0 Å². The Bertz CT molecular complexity index is 3070. The highest BCUT2D eigenvalue weighted by molar-refractivity contribution is 6.35. The van der Waals surface area contributed by atoms with Crippen LogP contribution < -0.4 is 10.7 Å². The zero-order valence-corrected chi connectivity index (χ0v) is 39.6. The van der Waals surface area contributed by atoms with Crippen LogP contribution >= 0.6 is 0 Å². The van der Waals surface area contributed by atoms with Gasteiger partial charge in [0, 0.05) is 22.3 Å². The number of aromatic amines is 2. The predicted octanol–water partition coefficient (Wildman–Crippen LogP) is 13.9. The number of hydrogen-bond donors (Lipinski definition) is 2. The van der Waals surface area contributed by atoms with Crippen molar-refractivity contribution in [2.45, 2.75) is 128 Å². The monoisotopic (exact) mass is 886 g/mol. The molecule has 4 aromatic carbocycles. The number of nitrogens with one attached hydrogen (secondary N) is 2. The van der Waals surface area contributed by atoms with E-state index in [2.05, 4.69) is 131 Å². The maximum Gasteiger partial charge on any atom is 0.0772 e. The first-order chi connectivity index (χ1) is 33.8. The van der Waals surface area contributed by atoms with Crippen LogP contribution in [-0.2, 0) is 25.7 Å². The fourth-order valence-electron chi connectivity index (χ4n) is 13.2. The van der Waals surface area contributed by atoms with Crippen LogP contribution in [0.15, 0.2) is 165 Å². The number of benzene rings is 4. The van der Waals surface area contributed by atoms with Crippen LogP contribution in [0.4, 0.5) is 0 Å². The molecule has 68 heavy (non-hydrogen) atoms. The average molecular weight is 887 g/mol. The molecule has 13 rings (SSSR count). The Morgan fingerprint density at radius 3 is 0.956 bits per heavy atom. The molecular formula is C64H62N4. The lowest BCUT2D eigenvalue weighted by atomic mass is 9.87. The molecule has 0 fully saturated rings. The largest absolute Gasteiger partial charge is 0.354 e. The quantitative estimate of drug-likeness (QED) is 0.166. The molecule has 5 aliphatic carbocycles. The van der Waals surface area contributed by atoms with E-state index in [9.17, 15) is 0 Å². The molecule has 6 aromatic rings. The summed E-state index contributed by atoms with van der Waals surface area (Å²) in [4.78, 5) is 21.2. The molecule has 0 saturated carbocycles. The van der Waals surface area contributed by atoms with Crippen molar-refractivity contribution < 1.29 is 0 Å². The molecule has 2 N–H and O–H groups in total. The van der Waals surface area contributed by atoms with Gasteiger partial charge in [-0.2, -0.15) is 0 Å². The maximum atomic E-state index is 6.19. The van der Waals surface area contributed by atoms with E-state index in [0.717, 1.165) is 51.4 Å². The Hall–Kier alpha value is -6.52. The SMILES string of the molecule is c1ccc(C2=C3N=C(C4=C3CCCCC4)C(c3ccccc3)=c3[nH]c(c4c3CCCCC4)=C(c3ccccc3)C3=NC(=C(c4ccccc4)c4[nH]c2c2c4CCCCC2)C2=C3CCCCC2)cc1. The summed E-state index contributed by atoms with van der Waals surface area (Å²) >= 11 is 0. The lowest BCUT2D eigenvalue weighted by molar-refractivity contribution is 0.707. The van der Waals surface area contributed by atoms with Gasteiger partial charge in [0.05, 0.1) is 44.9 Å². The fourth-order valence-corrected chi connectivity index (χ4v) is 13.2. The summed E-state index contributed by atoms with van der Waals surface area (Å²) in [6.45, 7) is 0. The molecule has 0 atom stereocenters. The van der Waals surface area contributed by atoms with Crippen molar-refractivity contribution in [1.82, 2.24) is 9.97 Å². The first kappa shape index (κ1) is 41.7. The molecule has 0 saturated heterocycles. The lowest BCUT2D eigenvalue weighted by Gasteiger charge is -2.16. The second-order valence-electron chi connectivity index (χ2n) is 20.4. The van der Waals surface area contributed by atoms with Crippen molar-refractivity contribution in [1.29, 1.82) is 0 Å². The molecule has 4 heteroatoms. The van der Waals surface area contributed by atoms with E-state index < -0.39 is 0 Å². The second-order valence-corrected chi connectivity index (χ2v) is 20.4. The van der Waals surface area contributed by atoms with Gasteiger partial charge in [0.2, 0.25) is 0 Å². The summed E-state index contributed by atoms with van der Waals surface area (Å²) in [5, 5.41) is 2.54. The first-order valence-electron chi connectivity index (χ1n) is 26.4. The van der Waals surface area contributed by atoms with E-state index in [4.69, 9.17) is 9.98 Å². The Kier molecular flexibility index (Phi) is 10.9. The minimum absolute atomic E-state index is 1.04. The molecule has 0 spiro atoms. The molecule has 0 unspecified atom stereocenters. The molecule has 338 valence electrons. The van der Waals surface area contributed by atoms with Crippen LogP contribution in [0.1, 0.15) is 159 Å². The normalized spacial score (nSPS) is 19.6. The van der Waals surface area contributed by atoms with Gasteiger partial charge in [-0.05, 0) is 170 Å². The highest BCUT2D eigenvalue weighted by Crippen LogP contribution is 2.49. The Labute approximate surface area is 401 Å². The van der Waals surface area contributed by atoms with Crippen molar-refractivity contribution >= 4 is 33.7 Å². The number of aliphatic imine (C=N–C) groups is 2. The number of allylic oxidation sites excluding steroid dienone is 4. The molecule has 4 nitrogen and oxygen atoms in total. The van der Waals surface area contributed by atoms with Gasteiger partial charge in [0.25, 0.3) is 0 Å². The van der Waals surface area contributed by atoms with Gasteiger partial charge in [-0.15, -0.1) is 0 Å². The van der Waals surface area contributed by atoms with E-state index in [1.165, 1.54) is 211 Å². The highest BCUT2D eigenvalue weighted by Gasteiger charge is 2.37. The number of nitrogens with zero attached hydrogens (tertiary/aromatic N) is 2. The number of H-pyrrole nitrogens is 2. The van der Waals surface area contributed by atoms with Crippen LogP contribution in [0.25, 0.3) is 22.3 Å². The van der Waals surface area contributed by atoms with Crippen LogP contribution in [-0.4, -0.2) is 21.4 Å². The van der Waals surface area contributed by atoms with Crippen molar-refractivity contribution in [3.63, 3.8) is 0 Å². The molecule has 8 bridgehead atoms. The minimum atomic E-state index is 1.04. The molecule has 4 heterocycles. The number of hydrogen-bond acceptors (Lipinski definition) is 2. The molecule has 2 aliphatic heterocycles. The minimum Gasteiger partial charge on any atom is -0.354 e. The van der Waals surface area contributed by atoms with E-state index in [1.807, 2.05) is 0 Å². The molecule has 0 radical (unpaired) electrons. The van der Waals surface area contributed by atoms with Gasteiger partial charge < -0.3 is 9.97 Å². The second kappa shape index (κ2) is 17.9. The summed E-state index contributed by atoms with van der Waals surface area (Å²) in [6.07, 6.45) is 22.8. The third-order valence-corrected chi connectivity index (χ3v) is 16.4. The summed E-state index contributed by atoms with van der Waals surface area (Å²) in [6, 6.07) is 45.3. The lowest BCUT2D eigenvalue weighted by Crippen LogP contribution is -2.25. The van der Waals surface area contributed by atoms with E-state index in [0.29, 0.717) is 0 Å². The van der Waals surface area contributed by atoms with Gasteiger partial charge >= 0.3 is 0 Å². The standard InChI is InChI=1S/C64H62N4/c1-9-25-41(26-10-1)53-57-45-33-17-5-19-35-47(45)59(65-57)54(42-27-11-2-12-28-42)61-49-37-21-7-23-39-51(49)63(67-61)56(44-31-15-4-16-32-44)64-52-40-24-8-22-38-50(52)62(68-64)55(43-29-13-3-14-30-43)60-48-36-20-6-18-34-46(48)58(53)66-60/h1-4,9-16,25-32,65,68H,5-8,17-24,33-40H2. The van der Waals surface area contributed by atoms with Crippen LogP contribution in [0, 0.1) is 0 Å². The summed E-state index contributed by atoms with van der Waals surface area (Å²) in [5.74, 6) is 0. The van der Waals surface area contributed by atoms with Gasteiger partial charge in [-0.25, -0.2) is 9.98 Å². The Morgan fingerprint density at radius 2 is 0.588 bits per heavy atom. The fraction of sp³-hybridized carbons (Fsp3) is 0.312. The van der Waals surface area contributed by atoms with Gasteiger partial charge in [0.15, 0.2) is 0 Å². The summed E-state index contributed by atoms with van der Waals surface area (Å²) in [7, 11) is 0. The molecule has 0 amide bonds. The maximum absolute atomic E-state index is 6.19. The van der Waals surface area contributed by atoms with Crippen molar-refractivity contribution in [3.05, 3.63) is 222 Å². The van der Waals surface area contributed by atoms with Crippen molar-refractivity contribution in [2.75, 3.05) is 0 Å². The zero-order valence-electron chi connectivity index (χ0n) is 39.6. The van der Waals surface area contributed by atoms with Gasteiger partial charge in [-0.3, -0.25) is 0 Å². The molecular weight excluding hydrogens is 825 g/mol. The smallest absolute Gasteiger partial charge is 0.0772 e. The van der Waals surface area contributed by atoms with Crippen LogP contribution in [0.3, 0.4) is 0 Å². The third-order valence-electron chi connectivity index (χ3n) is 16.4. The summed E-state index contributed by atoms with van der Waals surface area (Å²) < 4.78 is 0. The topological polar surface area (TPSA) is 56.3 Å². The van der Waals surface area contributed by atoms with E-state index >= 15 is 0 Å². The van der Waals surface area contributed by atoms with Gasteiger partial charge in [0.1, 0.15) is 0 Å². The zero-order chi connectivity index (χ0) is 45.0. The highest BCUT2D eigenvalue weighted by atomic mass is 14.9. The molecule has 7 aliphatic rings. The predicted molar refractivity (Wildman–Crippen MR) is 281 cm³/mol. The van der Waals surface area contributed by atoms with Crippen LogP contribution in [0.2, 0.25) is 0 Å². The van der Waals surface area contributed by atoms with Crippen molar-refractivity contribution in [3.8, 4) is 0 Å². The number of aromatic nitrogens is 2.